The Morgan fingerprint density at radius 3 is 2.50 bits per heavy atom. The van der Waals surface area contributed by atoms with E-state index in [1.165, 1.54) is 18.3 Å². The van der Waals surface area contributed by atoms with Crippen LogP contribution in [0.2, 0.25) is 0 Å². The van der Waals surface area contributed by atoms with Crippen LogP contribution in [-0.4, -0.2) is 40.8 Å². The van der Waals surface area contributed by atoms with Crippen LogP contribution in [0.3, 0.4) is 0 Å². The summed E-state index contributed by atoms with van der Waals surface area (Å²) in [5.41, 5.74) is 3.56. The third-order valence-corrected chi connectivity index (χ3v) is 7.17. The highest BCUT2D eigenvalue weighted by Crippen LogP contribution is 2.34. The molecule has 1 aliphatic carbocycles. The van der Waals surface area contributed by atoms with Crippen molar-refractivity contribution in [3.63, 3.8) is 0 Å². The van der Waals surface area contributed by atoms with E-state index in [1.807, 2.05) is 42.3 Å². The molecular formula is C24H29N3O4S. The Hall–Kier alpha value is -2.74. The van der Waals surface area contributed by atoms with Gasteiger partial charge in [0.1, 0.15) is 6.61 Å². The van der Waals surface area contributed by atoms with Gasteiger partial charge in [-0.1, -0.05) is 12.1 Å². The van der Waals surface area contributed by atoms with Crippen molar-refractivity contribution in [2.75, 3.05) is 18.0 Å². The van der Waals surface area contributed by atoms with Crippen LogP contribution in [0.25, 0.3) is 0 Å². The smallest absolute Gasteiger partial charge is 0.309 e. The molecule has 0 radical (unpaired) electrons. The lowest BCUT2D eigenvalue weighted by molar-refractivity contribution is -0.153. The van der Waals surface area contributed by atoms with Crippen LogP contribution < -0.4 is 4.90 Å². The van der Waals surface area contributed by atoms with Gasteiger partial charge in [-0.2, -0.15) is 0 Å². The van der Waals surface area contributed by atoms with E-state index in [0.29, 0.717) is 36.8 Å². The molecule has 1 aromatic carbocycles. The van der Waals surface area contributed by atoms with E-state index in [9.17, 15) is 14.4 Å². The summed E-state index contributed by atoms with van der Waals surface area (Å²) in [6.45, 7) is 6.84. The molecule has 170 valence electrons. The summed E-state index contributed by atoms with van der Waals surface area (Å²) in [5.74, 6) is -0.0821. The summed E-state index contributed by atoms with van der Waals surface area (Å²) in [6, 6.07) is 5.84. The summed E-state index contributed by atoms with van der Waals surface area (Å²) in [5, 5.41) is 2.38. The topological polar surface area (TPSA) is 79.8 Å². The number of ether oxygens (including phenoxy) is 1. The van der Waals surface area contributed by atoms with Gasteiger partial charge in [0.05, 0.1) is 17.3 Å². The molecule has 2 aliphatic rings. The summed E-state index contributed by atoms with van der Waals surface area (Å²) in [6.07, 6.45) is 3.29. The normalized spacial score (nSPS) is 16.7. The van der Waals surface area contributed by atoms with Crippen molar-refractivity contribution < 1.29 is 19.1 Å². The van der Waals surface area contributed by atoms with Gasteiger partial charge in [-0.3, -0.25) is 19.3 Å². The summed E-state index contributed by atoms with van der Waals surface area (Å²) in [7, 11) is 0. The van der Waals surface area contributed by atoms with Crippen molar-refractivity contribution in [2.24, 2.45) is 11.8 Å². The molecule has 1 aromatic heterocycles. The number of aryl methyl sites for hydroxylation is 1. The number of piperidine rings is 1. The number of likely N-dealkylation sites (tertiary alicyclic amines) is 1. The Labute approximate surface area is 192 Å². The van der Waals surface area contributed by atoms with Crippen LogP contribution >= 0.6 is 11.3 Å². The Balaban J connectivity index is 1.34. The lowest BCUT2D eigenvalue weighted by Crippen LogP contribution is -2.41. The van der Waals surface area contributed by atoms with Gasteiger partial charge in [0.25, 0.3) is 0 Å². The van der Waals surface area contributed by atoms with Gasteiger partial charge >= 0.3 is 5.97 Å². The van der Waals surface area contributed by atoms with Gasteiger partial charge < -0.3 is 9.64 Å². The van der Waals surface area contributed by atoms with E-state index in [4.69, 9.17) is 4.74 Å². The molecule has 2 heterocycles. The highest BCUT2D eigenvalue weighted by molar-refractivity contribution is 7.14. The lowest BCUT2D eigenvalue weighted by Gasteiger charge is -2.31. The second-order valence-corrected chi connectivity index (χ2v) is 9.51. The molecule has 1 aliphatic heterocycles. The molecule has 0 spiro atoms. The third-order valence-electron chi connectivity index (χ3n) is 6.29. The number of aromatic nitrogens is 1. The summed E-state index contributed by atoms with van der Waals surface area (Å²) < 4.78 is 5.52. The maximum absolute atomic E-state index is 12.5. The fraction of sp³-hybridized carbons (Fsp3) is 0.500. The summed E-state index contributed by atoms with van der Waals surface area (Å²) >= 11 is 1.35. The van der Waals surface area contributed by atoms with Gasteiger partial charge in [-0.25, -0.2) is 4.98 Å². The first-order chi connectivity index (χ1) is 15.3. The Kier molecular flexibility index (Phi) is 6.60. The number of benzene rings is 1. The molecule has 1 saturated carbocycles. The standard InChI is InChI=1S/C24H29N3O4S/c1-15-5-4-6-21(16(15)2)27(17(3)28)24-25-20(14-32-24)13-31-23(30)19-9-11-26(12-10-19)22(29)18-7-8-18/h4-6,14,18-19H,7-13H2,1-3H3. The van der Waals surface area contributed by atoms with E-state index in [0.717, 1.165) is 29.7 Å². The Bertz CT molecular complexity index is 1020. The molecule has 0 N–H and O–H groups in total. The first-order valence-electron chi connectivity index (χ1n) is 11.1. The van der Waals surface area contributed by atoms with E-state index in [2.05, 4.69) is 4.98 Å². The molecule has 0 bridgehead atoms. The number of carbonyl (C=O) groups excluding carboxylic acids is 3. The van der Waals surface area contributed by atoms with Crippen molar-refractivity contribution in [3.8, 4) is 0 Å². The fourth-order valence-corrected chi connectivity index (χ4v) is 4.90. The minimum absolute atomic E-state index is 0.0785. The van der Waals surface area contributed by atoms with Crippen molar-refractivity contribution in [1.82, 2.24) is 9.88 Å². The number of nitrogens with zero attached hydrogens (tertiary/aromatic N) is 3. The predicted octanol–water partition coefficient (Wildman–Crippen LogP) is 4.14. The summed E-state index contributed by atoms with van der Waals surface area (Å²) in [4.78, 5) is 45.1. The van der Waals surface area contributed by atoms with Crippen LogP contribution in [0, 0.1) is 25.7 Å². The minimum Gasteiger partial charge on any atom is -0.459 e. The van der Waals surface area contributed by atoms with E-state index >= 15 is 0 Å². The fourth-order valence-electron chi connectivity index (χ4n) is 4.04. The molecule has 8 heteroatoms. The SMILES string of the molecule is CC(=O)N(c1nc(COC(=O)C2CCN(C(=O)C3CC3)CC2)cs1)c1cccc(C)c1C. The molecule has 2 aromatic rings. The molecule has 0 unspecified atom stereocenters. The number of amides is 2. The van der Waals surface area contributed by atoms with Crippen LogP contribution in [0.5, 0.6) is 0 Å². The average molecular weight is 456 g/mol. The van der Waals surface area contributed by atoms with Crippen LogP contribution in [0.4, 0.5) is 10.8 Å². The minimum atomic E-state index is -0.240. The van der Waals surface area contributed by atoms with Crippen LogP contribution in [-0.2, 0) is 25.7 Å². The monoisotopic (exact) mass is 455 g/mol. The quantitative estimate of drug-likeness (QED) is 0.612. The molecule has 32 heavy (non-hydrogen) atoms. The molecule has 0 atom stereocenters. The lowest BCUT2D eigenvalue weighted by atomic mass is 9.97. The van der Waals surface area contributed by atoms with E-state index in [1.54, 1.807) is 4.90 Å². The predicted molar refractivity (Wildman–Crippen MR) is 123 cm³/mol. The number of rotatable bonds is 6. The Morgan fingerprint density at radius 2 is 1.84 bits per heavy atom. The number of hydrogen-bond acceptors (Lipinski definition) is 6. The molecular weight excluding hydrogens is 426 g/mol. The zero-order valence-corrected chi connectivity index (χ0v) is 19.6. The highest BCUT2D eigenvalue weighted by atomic mass is 32.1. The van der Waals surface area contributed by atoms with E-state index in [-0.39, 0.29) is 36.2 Å². The van der Waals surface area contributed by atoms with Crippen molar-refractivity contribution >= 4 is 39.9 Å². The second kappa shape index (κ2) is 9.40. The molecule has 1 saturated heterocycles. The van der Waals surface area contributed by atoms with Gasteiger partial charge in [-0.15, -0.1) is 11.3 Å². The second-order valence-electron chi connectivity index (χ2n) is 8.68. The molecule has 2 amide bonds. The average Bonchev–Trinajstić information content (AvgIpc) is 3.53. The first kappa shape index (κ1) is 22.5. The number of esters is 1. The van der Waals surface area contributed by atoms with Gasteiger partial charge in [0.15, 0.2) is 5.13 Å². The zero-order chi connectivity index (χ0) is 22.8. The number of anilines is 2. The van der Waals surface area contributed by atoms with Crippen LogP contribution in [0.15, 0.2) is 23.6 Å². The van der Waals surface area contributed by atoms with Gasteiger partial charge in [0.2, 0.25) is 11.8 Å². The van der Waals surface area contributed by atoms with Crippen molar-refractivity contribution in [2.45, 2.75) is 53.1 Å². The number of carbonyl (C=O) groups is 3. The van der Waals surface area contributed by atoms with Crippen molar-refractivity contribution in [1.29, 1.82) is 0 Å². The van der Waals surface area contributed by atoms with Crippen LogP contribution in [0.1, 0.15) is 49.4 Å². The molecule has 4 rings (SSSR count). The molecule has 7 nitrogen and oxygen atoms in total. The van der Waals surface area contributed by atoms with Crippen molar-refractivity contribution in [3.05, 3.63) is 40.4 Å². The van der Waals surface area contributed by atoms with Gasteiger partial charge in [0, 0.05) is 31.3 Å². The van der Waals surface area contributed by atoms with Gasteiger partial charge in [-0.05, 0) is 56.7 Å². The van der Waals surface area contributed by atoms with E-state index < -0.39 is 0 Å². The first-order valence-corrected chi connectivity index (χ1v) is 12.0. The zero-order valence-electron chi connectivity index (χ0n) is 18.8. The molecule has 2 fully saturated rings. The number of thiazole rings is 1. The highest BCUT2D eigenvalue weighted by Gasteiger charge is 2.36. The third kappa shape index (κ3) is 4.85. The largest absolute Gasteiger partial charge is 0.459 e. The Morgan fingerprint density at radius 1 is 1.12 bits per heavy atom. The maximum atomic E-state index is 12.5. The maximum Gasteiger partial charge on any atom is 0.309 e. The number of hydrogen-bond donors (Lipinski definition) is 0.